The molecular weight excluding hydrogens is 913 g/mol. The van der Waals surface area contributed by atoms with E-state index in [1.54, 1.807) is 0 Å². The number of esters is 3. The minimum absolute atomic E-state index is 0.0741. The third-order valence-electron chi connectivity index (χ3n) is 14.3. The molecule has 0 bridgehead atoms. The molecule has 0 aliphatic rings. The van der Waals surface area contributed by atoms with Gasteiger partial charge in [0.2, 0.25) is 0 Å². The van der Waals surface area contributed by atoms with Crippen molar-refractivity contribution in [3.05, 3.63) is 60.8 Å². The van der Waals surface area contributed by atoms with Gasteiger partial charge in [0, 0.05) is 19.3 Å². The molecule has 0 rings (SSSR count). The topological polar surface area (TPSA) is 78.9 Å². The molecule has 0 aromatic carbocycles. The Hall–Kier alpha value is -2.89. The SMILES string of the molecule is CC/C=C\C/C=C\C/C=C\C/C=C\CCCCCCCCCCCCCCC(=O)OCC(COC(=O)CCCCCCC/C=C\CCCC)OC(=O)CCCCCCCCCCCCCCCCCCCCCC. The molecular formula is C68H122O6. The molecule has 6 heteroatoms. The van der Waals surface area contributed by atoms with Crippen LogP contribution < -0.4 is 0 Å². The van der Waals surface area contributed by atoms with Gasteiger partial charge in [-0.1, -0.05) is 300 Å². The average Bonchev–Trinajstić information content (AvgIpc) is 3.40. The summed E-state index contributed by atoms with van der Waals surface area (Å²) < 4.78 is 16.9. The van der Waals surface area contributed by atoms with Gasteiger partial charge in [-0.05, 0) is 77.0 Å². The molecule has 430 valence electrons. The van der Waals surface area contributed by atoms with Crippen molar-refractivity contribution in [1.82, 2.24) is 0 Å². The highest BCUT2D eigenvalue weighted by molar-refractivity contribution is 5.71. The summed E-state index contributed by atoms with van der Waals surface area (Å²) in [6.45, 7) is 6.53. The van der Waals surface area contributed by atoms with Gasteiger partial charge in [-0.25, -0.2) is 0 Å². The fourth-order valence-corrected chi connectivity index (χ4v) is 9.42. The van der Waals surface area contributed by atoms with Gasteiger partial charge >= 0.3 is 17.9 Å². The second kappa shape index (κ2) is 62.6. The van der Waals surface area contributed by atoms with Crippen molar-refractivity contribution in [2.45, 2.75) is 341 Å². The van der Waals surface area contributed by atoms with E-state index in [2.05, 4.69) is 81.5 Å². The van der Waals surface area contributed by atoms with E-state index < -0.39 is 6.10 Å². The Morgan fingerprint density at radius 1 is 0.284 bits per heavy atom. The van der Waals surface area contributed by atoms with Crippen molar-refractivity contribution in [2.24, 2.45) is 0 Å². The third kappa shape index (κ3) is 60.0. The largest absolute Gasteiger partial charge is 0.462 e. The Bertz CT molecular complexity index is 1330. The number of allylic oxidation sites excluding steroid dienone is 10. The van der Waals surface area contributed by atoms with Crippen LogP contribution in [0.5, 0.6) is 0 Å². The molecule has 0 saturated heterocycles. The van der Waals surface area contributed by atoms with Crippen LogP contribution in [-0.2, 0) is 28.6 Å². The number of hydrogen-bond acceptors (Lipinski definition) is 6. The van der Waals surface area contributed by atoms with Gasteiger partial charge in [0.15, 0.2) is 6.10 Å². The van der Waals surface area contributed by atoms with Crippen LogP contribution in [0.25, 0.3) is 0 Å². The minimum atomic E-state index is -0.776. The average molecular weight is 1040 g/mol. The van der Waals surface area contributed by atoms with Crippen LogP contribution in [0.3, 0.4) is 0 Å². The van der Waals surface area contributed by atoms with Crippen LogP contribution in [0.15, 0.2) is 60.8 Å². The second-order valence-corrected chi connectivity index (χ2v) is 21.6. The van der Waals surface area contributed by atoms with Crippen LogP contribution in [-0.4, -0.2) is 37.2 Å². The second-order valence-electron chi connectivity index (χ2n) is 21.6. The van der Waals surface area contributed by atoms with Crippen LogP contribution in [0.1, 0.15) is 335 Å². The van der Waals surface area contributed by atoms with Crippen molar-refractivity contribution in [3.8, 4) is 0 Å². The fourth-order valence-electron chi connectivity index (χ4n) is 9.42. The third-order valence-corrected chi connectivity index (χ3v) is 14.3. The summed E-state index contributed by atoms with van der Waals surface area (Å²) in [6.07, 6.45) is 79.5. The maximum absolute atomic E-state index is 12.9. The first-order valence-corrected chi connectivity index (χ1v) is 32.3. The molecule has 0 aliphatic carbocycles. The fraction of sp³-hybridized carbons (Fsp3) is 0.809. The Balaban J connectivity index is 4.23. The van der Waals surface area contributed by atoms with Gasteiger partial charge in [-0.15, -0.1) is 0 Å². The molecule has 0 aromatic rings. The molecule has 0 fully saturated rings. The van der Waals surface area contributed by atoms with Crippen molar-refractivity contribution < 1.29 is 28.6 Å². The van der Waals surface area contributed by atoms with Crippen LogP contribution >= 0.6 is 0 Å². The summed E-state index contributed by atoms with van der Waals surface area (Å²) in [5.41, 5.74) is 0. The van der Waals surface area contributed by atoms with Crippen molar-refractivity contribution in [3.63, 3.8) is 0 Å². The zero-order chi connectivity index (χ0) is 53.6. The molecule has 0 amide bonds. The zero-order valence-electron chi connectivity index (χ0n) is 49.4. The Morgan fingerprint density at radius 3 is 0.878 bits per heavy atom. The van der Waals surface area contributed by atoms with Crippen LogP contribution in [0.2, 0.25) is 0 Å². The molecule has 0 N–H and O–H groups in total. The van der Waals surface area contributed by atoms with Gasteiger partial charge in [-0.2, -0.15) is 0 Å². The quantitative estimate of drug-likeness (QED) is 0.0261. The van der Waals surface area contributed by atoms with E-state index in [0.29, 0.717) is 19.3 Å². The zero-order valence-corrected chi connectivity index (χ0v) is 49.4. The molecule has 0 aliphatic heterocycles. The number of ether oxygens (including phenoxy) is 3. The molecule has 74 heavy (non-hydrogen) atoms. The summed E-state index contributed by atoms with van der Waals surface area (Å²) in [5, 5.41) is 0. The van der Waals surface area contributed by atoms with Crippen LogP contribution in [0, 0.1) is 0 Å². The van der Waals surface area contributed by atoms with E-state index in [-0.39, 0.29) is 31.1 Å². The van der Waals surface area contributed by atoms with E-state index in [1.165, 1.54) is 205 Å². The Labute approximate surface area is 460 Å². The highest BCUT2D eigenvalue weighted by atomic mass is 16.6. The number of carbonyl (C=O) groups is 3. The first-order valence-electron chi connectivity index (χ1n) is 32.3. The first kappa shape index (κ1) is 71.1. The standard InChI is InChI=1S/C68H122O6/c1-4-7-10-13-16-19-22-24-26-28-30-32-33-34-35-36-38-39-41-43-46-49-52-55-58-61-67(70)73-64-65(63-72-66(69)60-57-54-51-48-45-21-18-15-12-9-6-3)74-68(71)62-59-56-53-50-47-44-42-40-37-31-29-27-25-23-20-17-14-11-8-5-2/h7,10,15-16,18-19,24,26,30,32,65H,4-6,8-9,11-14,17,20-23,25,27-29,31,33-64H2,1-3H3/b10-7-,18-15-,19-16-,26-24-,32-30-. The maximum Gasteiger partial charge on any atom is 0.306 e. The van der Waals surface area contributed by atoms with Crippen molar-refractivity contribution >= 4 is 17.9 Å². The van der Waals surface area contributed by atoms with Crippen molar-refractivity contribution in [1.29, 1.82) is 0 Å². The predicted molar refractivity (Wildman–Crippen MR) is 321 cm³/mol. The van der Waals surface area contributed by atoms with Crippen molar-refractivity contribution in [2.75, 3.05) is 13.2 Å². The number of carbonyl (C=O) groups excluding carboxylic acids is 3. The molecule has 0 radical (unpaired) electrons. The lowest BCUT2D eigenvalue weighted by Gasteiger charge is -2.18. The Kier molecular flexibility index (Phi) is 60.2. The van der Waals surface area contributed by atoms with E-state index in [9.17, 15) is 14.4 Å². The monoisotopic (exact) mass is 1030 g/mol. The molecule has 0 aromatic heterocycles. The van der Waals surface area contributed by atoms with Gasteiger partial charge in [0.1, 0.15) is 13.2 Å². The summed E-state index contributed by atoms with van der Waals surface area (Å²) in [4.78, 5) is 38.3. The van der Waals surface area contributed by atoms with E-state index in [4.69, 9.17) is 14.2 Å². The number of rotatable bonds is 59. The summed E-state index contributed by atoms with van der Waals surface area (Å²) >= 11 is 0. The predicted octanol–water partition coefficient (Wildman–Crippen LogP) is 21.9. The molecule has 1 unspecified atom stereocenters. The van der Waals surface area contributed by atoms with Gasteiger partial charge in [0.05, 0.1) is 0 Å². The summed E-state index contributed by atoms with van der Waals surface area (Å²) in [7, 11) is 0. The minimum Gasteiger partial charge on any atom is -0.462 e. The number of hydrogen-bond donors (Lipinski definition) is 0. The van der Waals surface area contributed by atoms with Gasteiger partial charge in [0.25, 0.3) is 0 Å². The molecule has 0 saturated carbocycles. The van der Waals surface area contributed by atoms with E-state index >= 15 is 0 Å². The van der Waals surface area contributed by atoms with Crippen LogP contribution in [0.4, 0.5) is 0 Å². The van der Waals surface area contributed by atoms with Gasteiger partial charge in [-0.3, -0.25) is 14.4 Å². The van der Waals surface area contributed by atoms with E-state index in [0.717, 1.165) is 89.9 Å². The summed E-state index contributed by atoms with van der Waals surface area (Å²) in [5.74, 6) is -0.867. The number of unbranched alkanes of at least 4 members (excludes halogenated alkanes) is 38. The molecule has 0 heterocycles. The molecule has 6 nitrogen and oxygen atoms in total. The normalized spacial score (nSPS) is 12.4. The molecule has 1 atom stereocenters. The Morgan fingerprint density at radius 2 is 0.541 bits per heavy atom. The maximum atomic E-state index is 12.9. The lowest BCUT2D eigenvalue weighted by molar-refractivity contribution is -0.167. The smallest absolute Gasteiger partial charge is 0.306 e. The van der Waals surface area contributed by atoms with E-state index in [1.807, 2.05) is 0 Å². The van der Waals surface area contributed by atoms with Gasteiger partial charge < -0.3 is 14.2 Å². The highest BCUT2D eigenvalue weighted by Gasteiger charge is 2.19. The lowest BCUT2D eigenvalue weighted by Crippen LogP contribution is -2.30. The first-order chi connectivity index (χ1) is 36.5. The lowest BCUT2D eigenvalue weighted by atomic mass is 10.0. The summed E-state index contributed by atoms with van der Waals surface area (Å²) in [6, 6.07) is 0. The molecule has 0 spiro atoms. The highest BCUT2D eigenvalue weighted by Crippen LogP contribution is 2.17.